The molecule has 0 aliphatic carbocycles. The highest BCUT2D eigenvalue weighted by Crippen LogP contribution is 2.01. The summed E-state index contributed by atoms with van der Waals surface area (Å²) in [6.07, 6.45) is 1.68. The van der Waals surface area contributed by atoms with E-state index in [9.17, 15) is 4.79 Å². The molecule has 0 fully saturated rings. The van der Waals surface area contributed by atoms with Crippen molar-refractivity contribution in [3.05, 3.63) is 71.5 Å². The standard InChI is InChI=1S/C14H12OSi/c15-14(13-7-3-1-4-8-13)9-12-16-10-5-2-6-11-16/h1-12H. The molecule has 0 saturated heterocycles. The quantitative estimate of drug-likeness (QED) is 0.445. The summed E-state index contributed by atoms with van der Waals surface area (Å²) in [5.74, 6) is 0.0782. The molecule has 78 valence electrons. The minimum atomic E-state index is -0.744. The van der Waals surface area contributed by atoms with E-state index < -0.39 is 8.40 Å². The minimum Gasteiger partial charge on any atom is -0.289 e. The van der Waals surface area contributed by atoms with Crippen LogP contribution in [0.3, 0.4) is 0 Å². The average molecular weight is 224 g/mol. The molecule has 2 heteroatoms. The van der Waals surface area contributed by atoms with Gasteiger partial charge in [-0.15, -0.1) is 0 Å². The van der Waals surface area contributed by atoms with E-state index in [4.69, 9.17) is 0 Å². The number of hydrogen-bond acceptors (Lipinski definition) is 1. The van der Waals surface area contributed by atoms with Crippen molar-refractivity contribution in [2.24, 2.45) is 0 Å². The van der Waals surface area contributed by atoms with Gasteiger partial charge in [-0.05, 0) is 6.08 Å². The van der Waals surface area contributed by atoms with Crippen LogP contribution in [-0.2, 0) is 0 Å². The molecule has 0 radical (unpaired) electrons. The van der Waals surface area contributed by atoms with E-state index in [0.717, 1.165) is 5.56 Å². The van der Waals surface area contributed by atoms with E-state index in [1.54, 1.807) is 6.08 Å². The number of ketones is 1. The van der Waals surface area contributed by atoms with Crippen molar-refractivity contribution in [1.29, 1.82) is 0 Å². The number of hydrogen-bond donors (Lipinski definition) is 0. The Bertz CT molecular complexity index is 489. The van der Waals surface area contributed by atoms with E-state index in [2.05, 4.69) is 11.4 Å². The zero-order valence-electron chi connectivity index (χ0n) is 8.84. The summed E-state index contributed by atoms with van der Waals surface area (Å²) in [6, 6.07) is 15.4. The summed E-state index contributed by atoms with van der Waals surface area (Å²) in [7, 11) is -0.744. The third-order valence-corrected chi connectivity index (χ3v) is 3.99. The van der Waals surface area contributed by atoms with Crippen LogP contribution >= 0.6 is 0 Å². The van der Waals surface area contributed by atoms with Gasteiger partial charge in [0, 0.05) is 5.56 Å². The summed E-state index contributed by atoms with van der Waals surface area (Å²) in [5, 5.41) is 0. The largest absolute Gasteiger partial charge is 0.289 e. The van der Waals surface area contributed by atoms with Crippen molar-refractivity contribution < 1.29 is 4.79 Å². The Kier molecular flexibility index (Phi) is 3.56. The van der Waals surface area contributed by atoms with Gasteiger partial charge < -0.3 is 0 Å². The predicted octanol–water partition coefficient (Wildman–Crippen LogP) is 3.07. The molecule has 0 amide bonds. The molecule has 16 heavy (non-hydrogen) atoms. The highest BCUT2D eigenvalue weighted by Gasteiger charge is 1.98. The lowest BCUT2D eigenvalue weighted by molar-refractivity contribution is 0.104. The van der Waals surface area contributed by atoms with Gasteiger partial charge in [0.15, 0.2) is 5.78 Å². The maximum atomic E-state index is 11.8. The van der Waals surface area contributed by atoms with E-state index in [0.29, 0.717) is 0 Å². The molecule has 0 saturated carbocycles. The first-order valence-corrected chi connectivity index (χ1v) is 6.92. The van der Waals surface area contributed by atoms with Crippen molar-refractivity contribution in [1.82, 2.24) is 0 Å². The highest BCUT2D eigenvalue weighted by molar-refractivity contribution is 6.66. The molecule has 0 N–H and O–H groups in total. The molecular formula is C14H12OSi. The molecular weight excluding hydrogens is 212 g/mol. The van der Waals surface area contributed by atoms with Crippen molar-refractivity contribution >= 4 is 19.9 Å². The van der Waals surface area contributed by atoms with Crippen molar-refractivity contribution in [2.75, 3.05) is 0 Å². The summed E-state index contributed by atoms with van der Waals surface area (Å²) in [6.45, 7) is 0. The maximum Gasteiger partial charge on any atom is 0.185 e. The minimum absolute atomic E-state index is 0.0782. The van der Waals surface area contributed by atoms with Crippen molar-refractivity contribution in [2.45, 2.75) is 0 Å². The first-order valence-electron chi connectivity index (χ1n) is 5.19. The lowest BCUT2D eigenvalue weighted by Gasteiger charge is -1.94. The molecule has 0 atom stereocenters. The third-order valence-electron chi connectivity index (χ3n) is 2.29. The molecule has 2 rings (SSSR count). The molecule has 1 aromatic carbocycles. The number of rotatable bonds is 3. The Morgan fingerprint density at radius 1 is 0.938 bits per heavy atom. The van der Waals surface area contributed by atoms with Gasteiger partial charge in [-0.2, -0.15) is 0 Å². The second-order valence-electron chi connectivity index (χ2n) is 3.47. The highest BCUT2D eigenvalue weighted by atomic mass is 28.2. The molecule has 0 bridgehead atoms. The lowest BCUT2D eigenvalue weighted by Crippen LogP contribution is -1.95. The fraction of sp³-hybridized carbons (Fsp3) is 0. The second-order valence-corrected chi connectivity index (χ2v) is 5.47. The van der Waals surface area contributed by atoms with Crippen LogP contribution in [0.4, 0.5) is 0 Å². The first kappa shape index (κ1) is 10.7. The van der Waals surface area contributed by atoms with E-state index in [1.807, 2.05) is 54.2 Å². The maximum absolute atomic E-state index is 11.8. The third kappa shape index (κ3) is 2.84. The fourth-order valence-electron chi connectivity index (χ4n) is 1.43. The Balaban J connectivity index is 2.12. The lowest BCUT2D eigenvalue weighted by atomic mass is 10.1. The number of carbonyl (C=O) groups is 1. The first-order chi connectivity index (χ1) is 7.86. The molecule has 1 nitrogen and oxygen atoms in total. The van der Waals surface area contributed by atoms with E-state index in [1.165, 1.54) is 0 Å². The Morgan fingerprint density at radius 3 is 2.25 bits per heavy atom. The topological polar surface area (TPSA) is 17.1 Å². The molecule has 2 aromatic rings. The van der Waals surface area contributed by atoms with Gasteiger partial charge in [0.05, 0.1) is 8.40 Å². The molecule has 1 aromatic heterocycles. The number of carbonyl (C=O) groups excluding carboxylic acids is 1. The zero-order chi connectivity index (χ0) is 11.2. The summed E-state index contributed by atoms with van der Waals surface area (Å²) in [5.41, 5.74) is 7.07. The Morgan fingerprint density at radius 2 is 1.56 bits per heavy atom. The van der Waals surface area contributed by atoms with Crippen LogP contribution in [0, 0.1) is 0 Å². The Labute approximate surface area is 96.6 Å². The van der Waals surface area contributed by atoms with Crippen LogP contribution in [-0.4, -0.2) is 14.2 Å². The normalized spacial score (nSPS) is 10.5. The predicted molar refractivity (Wildman–Crippen MR) is 68.5 cm³/mol. The molecule has 0 spiro atoms. The number of benzene rings is 1. The van der Waals surface area contributed by atoms with Gasteiger partial charge in [0.25, 0.3) is 0 Å². The summed E-state index contributed by atoms with van der Waals surface area (Å²) < 4.78 is 0. The van der Waals surface area contributed by atoms with Gasteiger partial charge in [-0.1, -0.05) is 65.6 Å². The second kappa shape index (κ2) is 5.33. The summed E-state index contributed by atoms with van der Waals surface area (Å²) in [4.78, 5) is 11.8. The van der Waals surface area contributed by atoms with Crippen LogP contribution in [0.2, 0.25) is 0 Å². The average Bonchev–Trinajstić information content (AvgIpc) is 2.38. The van der Waals surface area contributed by atoms with Crippen LogP contribution < -0.4 is 0 Å². The van der Waals surface area contributed by atoms with Gasteiger partial charge in [-0.25, -0.2) is 0 Å². The monoisotopic (exact) mass is 224 g/mol. The molecule has 1 heterocycles. The molecule has 0 aliphatic rings. The van der Waals surface area contributed by atoms with Crippen molar-refractivity contribution in [3.63, 3.8) is 0 Å². The molecule has 0 unspecified atom stereocenters. The van der Waals surface area contributed by atoms with Crippen LogP contribution in [0.25, 0.3) is 5.70 Å². The van der Waals surface area contributed by atoms with Gasteiger partial charge in [0.2, 0.25) is 0 Å². The van der Waals surface area contributed by atoms with Gasteiger partial charge in [0.1, 0.15) is 0 Å². The fourth-order valence-corrected chi connectivity index (χ4v) is 2.78. The SMILES string of the molecule is O=C(C=C[si]1ccccc1)c1ccccc1. The van der Waals surface area contributed by atoms with Crippen LogP contribution in [0.1, 0.15) is 10.4 Å². The van der Waals surface area contributed by atoms with E-state index in [-0.39, 0.29) is 5.78 Å². The Hall–Kier alpha value is -1.80. The van der Waals surface area contributed by atoms with Gasteiger partial charge >= 0.3 is 0 Å². The van der Waals surface area contributed by atoms with E-state index >= 15 is 0 Å². The zero-order valence-corrected chi connectivity index (χ0v) is 9.84. The van der Waals surface area contributed by atoms with Crippen LogP contribution in [0.15, 0.2) is 66.0 Å². The van der Waals surface area contributed by atoms with Gasteiger partial charge in [-0.3, -0.25) is 4.79 Å². The number of allylic oxidation sites excluding steroid dienone is 1. The summed E-state index contributed by atoms with van der Waals surface area (Å²) >= 11 is 0. The van der Waals surface area contributed by atoms with Crippen molar-refractivity contribution in [3.8, 4) is 0 Å². The molecule has 0 aliphatic heterocycles. The van der Waals surface area contributed by atoms with Crippen LogP contribution in [0.5, 0.6) is 0 Å². The smallest absolute Gasteiger partial charge is 0.185 e.